The predicted octanol–water partition coefficient (Wildman–Crippen LogP) is 1.90. The minimum Gasteiger partial charge on any atom is -0.478 e. The summed E-state index contributed by atoms with van der Waals surface area (Å²) in [5.74, 6) is -0.668. The molecule has 1 aliphatic carbocycles. The second kappa shape index (κ2) is 4.76. The fourth-order valence-electron chi connectivity index (χ4n) is 1.81. The number of anilines is 1. The first-order valence-corrected chi connectivity index (χ1v) is 6.11. The molecule has 0 atom stereocenters. The summed E-state index contributed by atoms with van der Waals surface area (Å²) in [6.07, 6.45) is 3.49. The van der Waals surface area contributed by atoms with Crippen molar-refractivity contribution in [1.29, 1.82) is 0 Å². The van der Waals surface area contributed by atoms with E-state index in [1.807, 2.05) is 0 Å². The number of aromatic carboxylic acids is 1. The van der Waals surface area contributed by atoms with Crippen molar-refractivity contribution >= 4 is 17.7 Å². The number of nitrogens with one attached hydrogen (secondary N) is 1. The zero-order chi connectivity index (χ0) is 14.1. The number of hydrogen-bond donors (Lipinski definition) is 2. The van der Waals surface area contributed by atoms with Gasteiger partial charge in [0.25, 0.3) is 5.91 Å². The van der Waals surface area contributed by atoms with E-state index in [9.17, 15) is 9.59 Å². The highest BCUT2D eigenvalue weighted by Crippen LogP contribution is 2.40. The molecule has 102 valence electrons. The lowest BCUT2D eigenvalue weighted by Gasteiger charge is -2.04. The van der Waals surface area contributed by atoms with Gasteiger partial charge in [-0.25, -0.2) is 9.78 Å². The number of carboxylic acids is 1. The molecule has 0 aliphatic heterocycles. The molecule has 2 heterocycles. The Labute approximate surface area is 113 Å². The van der Waals surface area contributed by atoms with Crippen molar-refractivity contribution in [2.45, 2.75) is 18.8 Å². The maximum atomic E-state index is 12.0. The topological polar surface area (TPSA) is 105 Å². The Balaban J connectivity index is 1.79. The second-order valence-corrected chi connectivity index (χ2v) is 4.55. The molecule has 0 bridgehead atoms. The van der Waals surface area contributed by atoms with Crippen LogP contribution < -0.4 is 5.32 Å². The summed E-state index contributed by atoms with van der Waals surface area (Å²) in [5.41, 5.74) is 0.0423. The number of pyridine rings is 1. The molecule has 1 saturated carbocycles. The van der Waals surface area contributed by atoms with Gasteiger partial charge in [0.05, 0.1) is 0 Å². The van der Waals surface area contributed by atoms with Crippen LogP contribution in [-0.4, -0.2) is 27.1 Å². The van der Waals surface area contributed by atoms with E-state index in [0.29, 0.717) is 11.7 Å². The molecule has 1 aliphatic rings. The Morgan fingerprint density at radius 2 is 2.20 bits per heavy atom. The fourth-order valence-corrected chi connectivity index (χ4v) is 1.81. The van der Waals surface area contributed by atoms with E-state index in [0.717, 1.165) is 12.8 Å². The van der Waals surface area contributed by atoms with Crippen molar-refractivity contribution in [3.63, 3.8) is 0 Å². The molecule has 0 spiro atoms. The average Bonchev–Trinajstić information content (AvgIpc) is 3.16. The van der Waals surface area contributed by atoms with Crippen molar-refractivity contribution in [2.24, 2.45) is 0 Å². The van der Waals surface area contributed by atoms with Crippen molar-refractivity contribution in [1.82, 2.24) is 10.1 Å². The number of carboxylic acid groups (broad SMARTS) is 1. The zero-order valence-electron chi connectivity index (χ0n) is 10.4. The summed E-state index contributed by atoms with van der Waals surface area (Å²) in [7, 11) is 0. The molecule has 20 heavy (non-hydrogen) atoms. The predicted molar refractivity (Wildman–Crippen MR) is 67.6 cm³/mol. The summed E-state index contributed by atoms with van der Waals surface area (Å²) in [6, 6.07) is 4.43. The van der Waals surface area contributed by atoms with E-state index in [1.165, 1.54) is 18.3 Å². The van der Waals surface area contributed by atoms with Crippen LogP contribution in [0.1, 0.15) is 45.4 Å². The highest BCUT2D eigenvalue weighted by molar-refractivity contribution is 6.05. The third kappa shape index (κ3) is 2.37. The minimum atomic E-state index is -1.16. The van der Waals surface area contributed by atoms with Gasteiger partial charge in [0, 0.05) is 18.2 Å². The normalized spacial score (nSPS) is 14.0. The number of carbonyl (C=O) groups is 2. The van der Waals surface area contributed by atoms with Crippen molar-refractivity contribution in [2.75, 3.05) is 5.32 Å². The summed E-state index contributed by atoms with van der Waals surface area (Å²) in [5, 5.41) is 15.1. The van der Waals surface area contributed by atoms with E-state index >= 15 is 0 Å². The first kappa shape index (κ1) is 12.3. The van der Waals surface area contributed by atoms with Crippen molar-refractivity contribution in [3.05, 3.63) is 41.4 Å². The highest BCUT2D eigenvalue weighted by atomic mass is 16.5. The molecule has 7 heteroatoms. The van der Waals surface area contributed by atoms with Crippen molar-refractivity contribution < 1.29 is 19.2 Å². The average molecular weight is 273 g/mol. The molecule has 2 aromatic heterocycles. The lowest BCUT2D eigenvalue weighted by molar-refractivity contribution is 0.0697. The first-order valence-electron chi connectivity index (χ1n) is 6.11. The van der Waals surface area contributed by atoms with Gasteiger partial charge in [0.15, 0.2) is 5.69 Å². The molecule has 0 unspecified atom stereocenters. The molecule has 2 N–H and O–H groups in total. The van der Waals surface area contributed by atoms with Gasteiger partial charge in [-0.05, 0) is 25.0 Å². The molecule has 0 aromatic carbocycles. The Kier molecular flexibility index (Phi) is 2.94. The van der Waals surface area contributed by atoms with Crippen LogP contribution in [0.2, 0.25) is 0 Å². The lowest BCUT2D eigenvalue weighted by atomic mass is 10.2. The molecule has 0 saturated heterocycles. The number of hydrogen-bond acceptors (Lipinski definition) is 5. The maximum absolute atomic E-state index is 12.0. The van der Waals surface area contributed by atoms with Crippen LogP contribution in [-0.2, 0) is 0 Å². The van der Waals surface area contributed by atoms with E-state index in [1.54, 1.807) is 6.07 Å². The number of amides is 1. The highest BCUT2D eigenvalue weighted by Gasteiger charge is 2.29. The minimum absolute atomic E-state index is 0.0130. The van der Waals surface area contributed by atoms with Crippen LogP contribution in [0.15, 0.2) is 28.9 Å². The Hall–Kier alpha value is -2.70. The molecule has 2 aromatic rings. The third-order valence-electron chi connectivity index (χ3n) is 3.01. The number of nitrogens with zero attached hydrogens (tertiary/aromatic N) is 2. The molecular weight excluding hydrogens is 262 g/mol. The monoisotopic (exact) mass is 273 g/mol. The summed E-state index contributed by atoms with van der Waals surface area (Å²) in [4.78, 5) is 26.8. The van der Waals surface area contributed by atoms with Crippen molar-refractivity contribution in [3.8, 4) is 0 Å². The largest absolute Gasteiger partial charge is 0.478 e. The molecule has 7 nitrogen and oxygen atoms in total. The van der Waals surface area contributed by atoms with Gasteiger partial charge >= 0.3 is 5.97 Å². The first-order chi connectivity index (χ1) is 9.65. The van der Waals surface area contributed by atoms with Crippen LogP contribution >= 0.6 is 0 Å². The number of aromatic nitrogens is 2. The van der Waals surface area contributed by atoms with E-state index < -0.39 is 11.9 Å². The SMILES string of the molecule is O=C(Nc1ncccc1C(=O)O)c1cc(C2CC2)on1. The summed E-state index contributed by atoms with van der Waals surface area (Å²) in [6.45, 7) is 0. The van der Waals surface area contributed by atoms with Gasteiger partial charge in [-0.3, -0.25) is 4.79 Å². The van der Waals surface area contributed by atoms with E-state index in [-0.39, 0.29) is 17.1 Å². The number of carbonyl (C=O) groups excluding carboxylic acids is 1. The molecular formula is C13H11N3O4. The van der Waals surface area contributed by atoms with Gasteiger partial charge in [0.2, 0.25) is 0 Å². The summed E-state index contributed by atoms with van der Waals surface area (Å²) < 4.78 is 5.08. The van der Waals surface area contributed by atoms with Crippen LogP contribution in [0.3, 0.4) is 0 Å². The standard InChI is InChI=1S/C13H11N3O4/c17-12(9-6-10(20-16-9)7-3-4-7)15-11-8(13(18)19)2-1-5-14-11/h1-2,5-7H,3-4H2,(H,18,19)(H,14,15,17). The number of rotatable bonds is 4. The van der Waals surface area contributed by atoms with Crippen LogP contribution in [0.25, 0.3) is 0 Å². The summed E-state index contributed by atoms with van der Waals surface area (Å²) >= 11 is 0. The van der Waals surface area contributed by atoms with Gasteiger partial charge in [-0.2, -0.15) is 0 Å². The van der Waals surface area contributed by atoms with Gasteiger partial charge in [-0.1, -0.05) is 5.16 Å². The van der Waals surface area contributed by atoms with E-state index in [2.05, 4.69) is 15.5 Å². The molecule has 1 amide bonds. The third-order valence-corrected chi connectivity index (χ3v) is 3.01. The van der Waals surface area contributed by atoms with Gasteiger partial charge in [0.1, 0.15) is 17.1 Å². The molecule has 0 radical (unpaired) electrons. The van der Waals surface area contributed by atoms with Crippen LogP contribution in [0.5, 0.6) is 0 Å². The zero-order valence-corrected chi connectivity index (χ0v) is 10.4. The van der Waals surface area contributed by atoms with Crippen LogP contribution in [0, 0.1) is 0 Å². The maximum Gasteiger partial charge on any atom is 0.339 e. The molecule has 1 fully saturated rings. The molecule has 3 rings (SSSR count). The second-order valence-electron chi connectivity index (χ2n) is 4.55. The van der Waals surface area contributed by atoms with Gasteiger partial charge in [-0.15, -0.1) is 0 Å². The quantitative estimate of drug-likeness (QED) is 0.881. The Morgan fingerprint density at radius 1 is 1.40 bits per heavy atom. The Morgan fingerprint density at radius 3 is 2.90 bits per heavy atom. The van der Waals surface area contributed by atoms with Crippen LogP contribution in [0.4, 0.5) is 5.82 Å². The smallest absolute Gasteiger partial charge is 0.339 e. The van der Waals surface area contributed by atoms with E-state index in [4.69, 9.17) is 9.63 Å². The van der Waals surface area contributed by atoms with Gasteiger partial charge < -0.3 is 14.9 Å². The lowest BCUT2D eigenvalue weighted by Crippen LogP contribution is -2.16. The Bertz CT molecular complexity index is 676. The fraction of sp³-hybridized carbons (Fsp3) is 0.231.